The average molecular weight is 499 g/mol. The maximum Gasteiger partial charge on any atom is 0.416 e. The molecule has 2 aromatic rings. The first-order valence-corrected chi connectivity index (χ1v) is 11.7. The SMILES string of the molecule is CCN1C[C@@H]2[C@@H]3C(=O)N(C)C(=O)[C@@H]3[C@](Cc3ccccc3)(C1=O)N2C(=O)c1ccc(C(F)(F)F)cc1. The van der Waals surface area contributed by atoms with Crippen LogP contribution in [-0.2, 0) is 27.0 Å². The lowest BCUT2D eigenvalue weighted by Crippen LogP contribution is -2.70. The third-order valence-electron chi connectivity index (χ3n) is 7.70. The number of hydrogen-bond acceptors (Lipinski definition) is 4. The number of carbonyl (C=O) groups is 4. The molecule has 0 unspecified atom stereocenters. The van der Waals surface area contributed by atoms with Gasteiger partial charge in [-0.05, 0) is 36.8 Å². The van der Waals surface area contributed by atoms with E-state index in [0.717, 1.165) is 29.2 Å². The first-order chi connectivity index (χ1) is 17.0. The summed E-state index contributed by atoms with van der Waals surface area (Å²) in [5.41, 5.74) is -1.93. The van der Waals surface area contributed by atoms with E-state index in [4.69, 9.17) is 0 Å². The normalized spacial score (nSPS) is 27.6. The third kappa shape index (κ3) is 3.26. The Kier molecular flexibility index (Phi) is 5.46. The van der Waals surface area contributed by atoms with E-state index in [1.54, 1.807) is 42.2 Å². The van der Waals surface area contributed by atoms with Crippen LogP contribution in [-0.4, -0.2) is 70.0 Å². The van der Waals surface area contributed by atoms with E-state index < -0.39 is 58.8 Å². The van der Waals surface area contributed by atoms with Gasteiger partial charge < -0.3 is 9.80 Å². The smallest absolute Gasteiger partial charge is 0.339 e. The van der Waals surface area contributed by atoms with E-state index in [-0.39, 0.29) is 18.5 Å². The molecule has 188 valence electrons. The number of rotatable bonds is 4. The van der Waals surface area contributed by atoms with Crippen molar-refractivity contribution in [3.05, 3.63) is 71.3 Å². The molecule has 3 fully saturated rings. The third-order valence-corrected chi connectivity index (χ3v) is 7.70. The molecule has 3 aliphatic rings. The van der Waals surface area contributed by atoms with E-state index >= 15 is 0 Å². The van der Waals surface area contributed by atoms with Crippen LogP contribution in [0.2, 0.25) is 0 Å². The second-order valence-corrected chi connectivity index (χ2v) is 9.49. The molecule has 7 nitrogen and oxygen atoms in total. The molecule has 0 spiro atoms. The van der Waals surface area contributed by atoms with E-state index in [1.807, 2.05) is 0 Å². The number of imide groups is 1. The Balaban J connectivity index is 1.68. The molecule has 3 saturated heterocycles. The number of fused-ring (bicyclic) bond motifs is 5. The number of alkyl halides is 3. The summed E-state index contributed by atoms with van der Waals surface area (Å²) in [5.74, 6) is -4.09. The number of likely N-dealkylation sites (tertiary alicyclic amines) is 2. The fourth-order valence-corrected chi connectivity index (χ4v) is 6.07. The van der Waals surface area contributed by atoms with Crippen molar-refractivity contribution in [2.75, 3.05) is 20.1 Å². The lowest BCUT2D eigenvalue weighted by Gasteiger charge is -2.49. The zero-order valence-corrected chi connectivity index (χ0v) is 19.7. The van der Waals surface area contributed by atoms with E-state index in [1.165, 1.54) is 11.9 Å². The van der Waals surface area contributed by atoms with Gasteiger partial charge in [0, 0.05) is 32.1 Å². The second-order valence-electron chi connectivity index (χ2n) is 9.49. The predicted octanol–water partition coefficient (Wildman–Crippen LogP) is 2.60. The number of hydrogen-bond donors (Lipinski definition) is 0. The molecule has 3 aliphatic heterocycles. The standard InChI is InChI=1S/C26H24F3N3O4/c1-3-31-14-18-19-20(23(35)30(2)22(19)34)25(24(31)36,13-15-7-5-4-6-8-15)32(18)21(33)16-9-11-17(12-10-16)26(27,28)29/h4-12,18-20H,3,13-14H2,1-2H3/t18-,19+,20-,25-/m1/s1. The van der Waals surface area contributed by atoms with Crippen LogP contribution in [0.15, 0.2) is 54.6 Å². The summed E-state index contributed by atoms with van der Waals surface area (Å²) in [6, 6.07) is 11.9. The van der Waals surface area contributed by atoms with Gasteiger partial charge >= 0.3 is 6.18 Å². The highest BCUT2D eigenvalue weighted by molar-refractivity contribution is 6.13. The minimum absolute atomic E-state index is 0.0000741. The number of nitrogens with zero attached hydrogens (tertiary/aromatic N) is 3. The van der Waals surface area contributed by atoms with Crippen molar-refractivity contribution >= 4 is 23.6 Å². The monoisotopic (exact) mass is 499 g/mol. The van der Waals surface area contributed by atoms with Gasteiger partial charge in [-0.25, -0.2) is 0 Å². The Hall–Kier alpha value is -3.69. The number of likely N-dealkylation sites (N-methyl/N-ethyl adjacent to an activating group) is 1. The molecule has 0 N–H and O–H groups in total. The molecule has 2 bridgehead atoms. The lowest BCUT2D eigenvalue weighted by atomic mass is 9.75. The van der Waals surface area contributed by atoms with Crippen molar-refractivity contribution in [3.8, 4) is 0 Å². The number of halogens is 3. The zero-order valence-electron chi connectivity index (χ0n) is 19.7. The quantitative estimate of drug-likeness (QED) is 0.606. The molecular weight excluding hydrogens is 475 g/mol. The van der Waals surface area contributed by atoms with Gasteiger partial charge in [-0.2, -0.15) is 13.2 Å². The van der Waals surface area contributed by atoms with Crippen LogP contribution in [0.4, 0.5) is 13.2 Å². The van der Waals surface area contributed by atoms with Crippen molar-refractivity contribution in [2.45, 2.75) is 31.1 Å². The van der Waals surface area contributed by atoms with Gasteiger partial charge in [0.25, 0.3) is 5.91 Å². The largest absolute Gasteiger partial charge is 0.416 e. The van der Waals surface area contributed by atoms with Crippen LogP contribution < -0.4 is 0 Å². The first-order valence-electron chi connectivity index (χ1n) is 11.7. The summed E-state index contributed by atoms with van der Waals surface area (Å²) < 4.78 is 39.3. The van der Waals surface area contributed by atoms with Crippen LogP contribution in [0.1, 0.15) is 28.4 Å². The molecule has 10 heteroatoms. The van der Waals surface area contributed by atoms with Gasteiger partial charge in [0.1, 0.15) is 5.54 Å². The van der Waals surface area contributed by atoms with Crippen LogP contribution in [0.25, 0.3) is 0 Å². The Morgan fingerprint density at radius 3 is 2.22 bits per heavy atom. The maximum absolute atomic E-state index is 14.1. The van der Waals surface area contributed by atoms with Gasteiger partial charge in [-0.1, -0.05) is 30.3 Å². The Morgan fingerprint density at radius 2 is 1.64 bits per heavy atom. The van der Waals surface area contributed by atoms with Crippen molar-refractivity contribution in [2.24, 2.45) is 11.8 Å². The highest BCUT2D eigenvalue weighted by atomic mass is 19.4. The molecule has 0 aliphatic carbocycles. The molecule has 36 heavy (non-hydrogen) atoms. The Bertz CT molecular complexity index is 1250. The van der Waals surface area contributed by atoms with E-state index in [2.05, 4.69) is 0 Å². The fraction of sp³-hybridized carbons (Fsp3) is 0.385. The molecule has 5 rings (SSSR count). The fourth-order valence-electron chi connectivity index (χ4n) is 6.07. The minimum Gasteiger partial charge on any atom is -0.339 e. The highest BCUT2D eigenvalue weighted by Gasteiger charge is 2.74. The van der Waals surface area contributed by atoms with Gasteiger partial charge in [-0.15, -0.1) is 0 Å². The van der Waals surface area contributed by atoms with Gasteiger partial charge in [0.2, 0.25) is 17.7 Å². The van der Waals surface area contributed by atoms with Crippen LogP contribution in [0, 0.1) is 11.8 Å². The molecule has 0 saturated carbocycles. The highest BCUT2D eigenvalue weighted by Crippen LogP contribution is 2.54. The van der Waals surface area contributed by atoms with Gasteiger partial charge in [-0.3, -0.25) is 24.1 Å². The summed E-state index contributed by atoms with van der Waals surface area (Å²) >= 11 is 0. The van der Waals surface area contributed by atoms with Crippen LogP contribution in [0.3, 0.4) is 0 Å². The van der Waals surface area contributed by atoms with E-state index in [0.29, 0.717) is 12.1 Å². The summed E-state index contributed by atoms with van der Waals surface area (Å²) in [6.45, 7) is 2.17. The Morgan fingerprint density at radius 1 is 1.00 bits per heavy atom. The van der Waals surface area contributed by atoms with Crippen molar-refractivity contribution in [1.82, 2.24) is 14.7 Å². The van der Waals surface area contributed by atoms with E-state index in [9.17, 15) is 32.3 Å². The summed E-state index contributed by atoms with van der Waals surface area (Å²) in [7, 11) is 1.37. The molecule has 0 radical (unpaired) electrons. The zero-order chi connectivity index (χ0) is 26.0. The van der Waals surface area contributed by atoms with Crippen molar-refractivity contribution in [3.63, 3.8) is 0 Å². The van der Waals surface area contributed by atoms with Crippen molar-refractivity contribution < 1.29 is 32.3 Å². The maximum atomic E-state index is 14.1. The summed E-state index contributed by atoms with van der Waals surface area (Å²) in [5, 5.41) is 0. The first kappa shape index (κ1) is 24.0. The van der Waals surface area contributed by atoms with Crippen LogP contribution in [0.5, 0.6) is 0 Å². The number of carbonyl (C=O) groups excluding carboxylic acids is 4. The second kappa shape index (κ2) is 8.18. The molecular formula is C26H24F3N3O4. The molecule has 4 amide bonds. The number of piperazine rings is 1. The molecule has 3 heterocycles. The topological polar surface area (TPSA) is 78.0 Å². The number of amides is 4. The minimum atomic E-state index is -4.57. The molecule has 0 aromatic heterocycles. The number of benzene rings is 2. The Labute approximate surface area is 205 Å². The molecule has 2 aromatic carbocycles. The summed E-state index contributed by atoms with van der Waals surface area (Å²) in [6.07, 6.45) is -4.57. The summed E-state index contributed by atoms with van der Waals surface area (Å²) in [4.78, 5) is 58.5. The van der Waals surface area contributed by atoms with Gasteiger partial charge in [0.15, 0.2) is 0 Å². The van der Waals surface area contributed by atoms with Crippen LogP contribution >= 0.6 is 0 Å². The molecule has 4 atom stereocenters. The predicted molar refractivity (Wildman–Crippen MR) is 121 cm³/mol. The average Bonchev–Trinajstić information content (AvgIpc) is 3.23. The lowest BCUT2D eigenvalue weighted by molar-refractivity contribution is -0.155. The van der Waals surface area contributed by atoms with Crippen molar-refractivity contribution in [1.29, 1.82) is 0 Å². The van der Waals surface area contributed by atoms with Gasteiger partial charge in [0.05, 0.1) is 23.4 Å².